The van der Waals surface area contributed by atoms with E-state index in [0.29, 0.717) is 17.8 Å². The Morgan fingerprint density at radius 3 is 2.81 bits per heavy atom. The third-order valence-corrected chi connectivity index (χ3v) is 2.26. The Kier molecular flexibility index (Phi) is 2.47. The van der Waals surface area contributed by atoms with Crippen LogP contribution in [0.3, 0.4) is 0 Å². The Bertz CT molecular complexity index is 527. The first kappa shape index (κ1) is 10.4. The van der Waals surface area contributed by atoms with Gasteiger partial charge < -0.3 is 14.1 Å². The number of carboxylic acid groups (broad SMARTS) is 1. The molecule has 16 heavy (non-hydrogen) atoms. The minimum Gasteiger partial charge on any atom is -0.475 e. The van der Waals surface area contributed by atoms with E-state index in [-0.39, 0.29) is 11.7 Å². The van der Waals surface area contributed by atoms with Crippen molar-refractivity contribution in [3.8, 4) is 11.6 Å². The molecular formula is C10H11N3O3. The molecule has 0 amide bonds. The maximum absolute atomic E-state index is 10.9. The monoisotopic (exact) mass is 221 g/mol. The highest BCUT2D eigenvalue weighted by molar-refractivity contribution is 5.86. The minimum atomic E-state index is -1.10. The SMILES string of the molecule is CCc1nc(-c2cncn2C)oc1C(=O)O. The number of aromatic carboxylic acids is 1. The summed E-state index contributed by atoms with van der Waals surface area (Å²) in [6.45, 7) is 1.83. The van der Waals surface area contributed by atoms with Gasteiger partial charge in [0, 0.05) is 7.05 Å². The second-order valence-corrected chi connectivity index (χ2v) is 3.34. The van der Waals surface area contributed by atoms with E-state index in [2.05, 4.69) is 9.97 Å². The fourth-order valence-electron chi connectivity index (χ4n) is 1.43. The van der Waals surface area contributed by atoms with E-state index >= 15 is 0 Å². The van der Waals surface area contributed by atoms with Crippen molar-refractivity contribution in [3.05, 3.63) is 24.0 Å². The zero-order valence-electron chi connectivity index (χ0n) is 8.97. The van der Waals surface area contributed by atoms with Gasteiger partial charge in [0.2, 0.25) is 11.7 Å². The molecule has 0 aromatic carbocycles. The first-order chi connectivity index (χ1) is 7.63. The number of carboxylic acids is 1. The molecule has 0 spiro atoms. The second-order valence-electron chi connectivity index (χ2n) is 3.34. The first-order valence-corrected chi connectivity index (χ1v) is 4.83. The fourth-order valence-corrected chi connectivity index (χ4v) is 1.43. The molecule has 0 saturated heterocycles. The summed E-state index contributed by atoms with van der Waals surface area (Å²) in [6, 6.07) is 0. The van der Waals surface area contributed by atoms with E-state index < -0.39 is 5.97 Å². The summed E-state index contributed by atoms with van der Waals surface area (Å²) >= 11 is 0. The lowest BCUT2D eigenvalue weighted by Gasteiger charge is -1.94. The van der Waals surface area contributed by atoms with Crippen LogP contribution in [0.4, 0.5) is 0 Å². The van der Waals surface area contributed by atoms with Gasteiger partial charge in [-0.1, -0.05) is 6.92 Å². The minimum absolute atomic E-state index is 0.0984. The van der Waals surface area contributed by atoms with Crippen LogP contribution in [-0.2, 0) is 13.5 Å². The Morgan fingerprint density at radius 2 is 2.38 bits per heavy atom. The Hall–Kier alpha value is -2.11. The molecule has 0 aliphatic carbocycles. The molecule has 2 aromatic rings. The molecule has 84 valence electrons. The molecule has 2 aromatic heterocycles. The number of aromatic nitrogens is 3. The lowest BCUT2D eigenvalue weighted by Crippen LogP contribution is -1.98. The number of hydrogen-bond donors (Lipinski definition) is 1. The predicted molar refractivity (Wildman–Crippen MR) is 55.0 cm³/mol. The molecule has 0 bridgehead atoms. The summed E-state index contributed by atoms with van der Waals surface area (Å²) < 4.78 is 6.94. The van der Waals surface area contributed by atoms with E-state index in [1.807, 2.05) is 6.92 Å². The van der Waals surface area contributed by atoms with E-state index in [4.69, 9.17) is 9.52 Å². The molecule has 2 rings (SSSR count). The highest BCUT2D eigenvalue weighted by atomic mass is 16.4. The van der Waals surface area contributed by atoms with Crippen LogP contribution < -0.4 is 0 Å². The van der Waals surface area contributed by atoms with E-state index in [9.17, 15) is 4.79 Å². The van der Waals surface area contributed by atoms with E-state index in [0.717, 1.165) is 0 Å². The van der Waals surface area contributed by atoms with Gasteiger partial charge >= 0.3 is 5.97 Å². The van der Waals surface area contributed by atoms with Crippen LogP contribution in [0, 0.1) is 0 Å². The summed E-state index contributed by atoms with van der Waals surface area (Å²) in [5, 5.41) is 8.92. The van der Waals surface area contributed by atoms with Gasteiger partial charge in [0.15, 0.2) is 0 Å². The van der Waals surface area contributed by atoms with E-state index in [1.165, 1.54) is 0 Å². The van der Waals surface area contributed by atoms with Crippen LogP contribution in [0.5, 0.6) is 0 Å². The maximum Gasteiger partial charge on any atom is 0.373 e. The second kappa shape index (κ2) is 3.80. The molecule has 6 nitrogen and oxygen atoms in total. The van der Waals surface area contributed by atoms with Gasteiger partial charge in [-0.05, 0) is 6.42 Å². The van der Waals surface area contributed by atoms with Gasteiger partial charge in [-0.25, -0.2) is 14.8 Å². The topological polar surface area (TPSA) is 81.2 Å². The molecule has 0 atom stereocenters. The number of aryl methyl sites for hydroxylation is 2. The molecule has 0 aliphatic rings. The van der Waals surface area contributed by atoms with Crippen molar-refractivity contribution >= 4 is 5.97 Å². The molecule has 0 unspecified atom stereocenters. The molecule has 0 fully saturated rings. The number of rotatable bonds is 3. The van der Waals surface area contributed by atoms with Crippen molar-refractivity contribution in [1.29, 1.82) is 0 Å². The van der Waals surface area contributed by atoms with E-state index in [1.54, 1.807) is 24.1 Å². The van der Waals surface area contributed by atoms with Crippen molar-refractivity contribution in [2.45, 2.75) is 13.3 Å². The average molecular weight is 221 g/mol. The highest BCUT2D eigenvalue weighted by Gasteiger charge is 2.20. The van der Waals surface area contributed by atoms with Crippen LogP contribution in [0.1, 0.15) is 23.2 Å². The third-order valence-electron chi connectivity index (χ3n) is 2.26. The van der Waals surface area contributed by atoms with Gasteiger partial charge in [0.05, 0.1) is 18.2 Å². The van der Waals surface area contributed by atoms with Crippen LogP contribution in [-0.4, -0.2) is 25.6 Å². The number of oxazole rings is 1. The highest BCUT2D eigenvalue weighted by Crippen LogP contribution is 2.21. The lowest BCUT2D eigenvalue weighted by atomic mass is 10.3. The largest absolute Gasteiger partial charge is 0.475 e. The first-order valence-electron chi connectivity index (χ1n) is 4.83. The number of nitrogens with zero attached hydrogens (tertiary/aromatic N) is 3. The van der Waals surface area contributed by atoms with Crippen molar-refractivity contribution in [2.75, 3.05) is 0 Å². The third kappa shape index (κ3) is 1.58. The van der Waals surface area contributed by atoms with Crippen molar-refractivity contribution in [1.82, 2.24) is 14.5 Å². The maximum atomic E-state index is 10.9. The molecule has 0 radical (unpaired) electrons. The smallest absolute Gasteiger partial charge is 0.373 e. The van der Waals surface area contributed by atoms with Crippen molar-refractivity contribution < 1.29 is 14.3 Å². The standard InChI is InChI=1S/C10H11N3O3/c1-3-6-8(10(14)15)16-9(12-6)7-4-11-5-13(7)2/h4-5H,3H2,1-2H3,(H,14,15). The van der Waals surface area contributed by atoms with Gasteiger partial charge in [0.25, 0.3) is 0 Å². The zero-order chi connectivity index (χ0) is 11.7. The van der Waals surface area contributed by atoms with Crippen molar-refractivity contribution in [3.63, 3.8) is 0 Å². The Labute approximate surface area is 91.6 Å². The van der Waals surface area contributed by atoms with Gasteiger partial charge in [-0.15, -0.1) is 0 Å². The Balaban J connectivity index is 2.52. The molecule has 6 heteroatoms. The number of imidazole rings is 1. The Morgan fingerprint density at radius 1 is 1.62 bits per heavy atom. The zero-order valence-corrected chi connectivity index (χ0v) is 8.97. The van der Waals surface area contributed by atoms with Crippen LogP contribution >= 0.6 is 0 Å². The predicted octanol–water partition coefficient (Wildman–Crippen LogP) is 1.34. The van der Waals surface area contributed by atoms with Crippen LogP contribution in [0.25, 0.3) is 11.6 Å². The van der Waals surface area contributed by atoms with Crippen molar-refractivity contribution in [2.24, 2.45) is 7.05 Å². The summed E-state index contributed by atoms with van der Waals surface area (Å²) in [6.07, 6.45) is 3.70. The van der Waals surface area contributed by atoms with Gasteiger partial charge in [-0.3, -0.25) is 0 Å². The summed E-state index contributed by atoms with van der Waals surface area (Å²) in [5.74, 6) is -0.911. The summed E-state index contributed by atoms with van der Waals surface area (Å²) in [7, 11) is 1.79. The summed E-state index contributed by atoms with van der Waals surface area (Å²) in [5.41, 5.74) is 1.10. The molecule has 1 N–H and O–H groups in total. The molecule has 0 saturated carbocycles. The van der Waals surface area contributed by atoms with Crippen LogP contribution in [0.15, 0.2) is 16.9 Å². The normalized spacial score (nSPS) is 10.6. The average Bonchev–Trinajstić information content (AvgIpc) is 2.82. The fraction of sp³-hybridized carbons (Fsp3) is 0.300. The molecular weight excluding hydrogens is 210 g/mol. The molecule has 0 aliphatic heterocycles. The number of hydrogen-bond acceptors (Lipinski definition) is 4. The number of carbonyl (C=O) groups is 1. The molecule has 2 heterocycles. The summed E-state index contributed by atoms with van der Waals surface area (Å²) in [4.78, 5) is 19.0. The van der Waals surface area contributed by atoms with Gasteiger partial charge in [-0.2, -0.15) is 0 Å². The van der Waals surface area contributed by atoms with Gasteiger partial charge in [0.1, 0.15) is 5.69 Å². The van der Waals surface area contributed by atoms with Crippen LogP contribution in [0.2, 0.25) is 0 Å². The lowest BCUT2D eigenvalue weighted by molar-refractivity contribution is 0.0661. The quantitative estimate of drug-likeness (QED) is 0.845.